The van der Waals surface area contributed by atoms with Crippen LogP contribution in [0, 0.1) is 3.57 Å². The van der Waals surface area contributed by atoms with E-state index in [-0.39, 0.29) is 11.1 Å². The average molecular weight is 486 g/mol. The fourth-order valence-electron chi connectivity index (χ4n) is 2.16. The van der Waals surface area contributed by atoms with Crippen LogP contribution in [0.15, 0.2) is 47.4 Å². The highest BCUT2D eigenvalue weighted by atomic mass is 127. The monoisotopic (exact) mass is 485 g/mol. The summed E-state index contributed by atoms with van der Waals surface area (Å²) in [7, 11) is 1.48. The maximum atomic E-state index is 11.9. The van der Waals surface area contributed by atoms with Crippen LogP contribution in [-0.4, -0.2) is 23.1 Å². The molecule has 1 saturated heterocycles. The Hall–Kier alpha value is -1.51. The second-order valence-electron chi connectivity index (χ2n) is 5.35. The summed E-state index contributed by atoms with van der Waals surface area (Å²) in [5, 5.41) is 0.438. The third kappa shape index (κ3) is 4.37. The smallest absolute Gasteiger partial charge is 0.293 e. The standard InChI is InChI=1S/C18H13ClINO3S/c1-21-17(22)16(25-18(21)23)9-12-4-7-15(14(20)8-12)24-10-11-2-5-13(19)6-3-11/h2-9H,10H2,1H3/b16-9-. The van der Waals surface area contributed by atoms with Gasteiger partial charge in [0.2, 0.25) is 0 Å². The molecule has 7 heteroatoms. The van der Waals surface area contributed by atoms with Gasteiger partial charge in [-0.25, -0.2) is 0 Å². The van der Waals surface area contributed by atoms with Crippen LogP contribution in [0.25, 0.3) is 6.08 Å². The molecule has 1 aliphatic rings. The molecule has 0 radical (unpaired) electrons. The number of carbonyl (C=O) groups is 2. The topological polar surface area (TPSA) is 46.6 Å². The van der Waals surface area contributed by atoms with Gasteiger partial charge in [-0.1, -0.05) is 29.8 Å². The molecule has 1 fully saturated rings. The number of hydrogen-bond acceptors (Lipinski definition) is 4. The molecule has 0 saturated carbocycles. The number of benzene rings is 2. The first-order valence-corrected chi connectivity index (χ1v) is 9.60. The van der Waals surface area contributed by atoms with E-state index in [0.717, 1.165) is 37.1 Å². The maximum Gasteiger partial charge on any atom is 0.293 e. The van der Waals surface area contributed by atoms with Gasteiger partial charge in [-0.2, -0.15) is 0 Å². The molecular weight excluding hydrogens is 473 g/mol. The Bertz CT molecular complexity index is 867. The SMILES string of the molecule is CN1C(=O)S/C(=C\c2ccc(OCc3ccc(Cl)cc3)c(I)c2)C1=O. The molecule has 0 aromatic heterocycles. The van der Waals surface area contributed by atoms with Gasteiger partial charge in [0.15, 0.2) is 0 Å². The van der Waals surface area contributed by atoms with Crippen LogP contribution in [0.3, 0.4) is 0 Å². The summed E-state index contributed by atoms with van der Waals surface area (Å²) in [6.07, 6.45) is 1.72. The van der Waals surface area contributed by atoms with Gasteiger partial charge < -0.3 is 4.74 Å². The van der Waals surface area contributed by atoms with Gasteiger partial charge >= 0.3 is 0 Å². The Morgan fingerprint density at radius 1 is 1.20 bits per heavy atom. The fourth-order valence-corrected chi connectivity index (χ4v) is 3.81. The Morgan fingerprint density at radius 3 is 2.52 bits per heavy atom. The Balaban J connectivity index is 1.72. The van der Waals surface area contributed by atoms with Crippen molar-refractivity contribution >= 4 is 63.2 Å². The molecule has 0 unspecified atom stereocenters. The summed E-state index contributed by atoms with van der Waals surface area (Å²) in [5.74, 6) is 0.490. The number of hydrogen-bond donors (Lipinski definition) is 0. The van der Waals surface area contributed by atoms with E-state index in [1.165, 1.54) is 7.05 Å². The predicted molar refractivity (Wildman–Crippen MR) is 109 cm³/mol. The van der Waals surface area contributed by atoms with Crippen LogP contribution >= 0.6 is 46.0 Å². The second kappa shape index (κ2) is 7.80. The van der Waals surface area contributed by atoms with E-state index in [9.17, 15) is 9.59 Å². The van der Waals surface area contributed by atoms with Gasteiger partial charge in [0.1, 0.15) is 12.4 Å². The number of nitrogens with zero attached hydrogens (tertiary/aromatic N) is 1. The van der Waals surface area contributed by atoms with Crippen molar-refractivity contribution < 1.29 is 14.3 Å². The zero-order valence-electron chi connectivity index (χ0n) is 13.2. The van der Waals surface area contributed by atoms with E-state index in [0.29, 0.717) is 16.5 Å². The lowest BCUT2D eigenvalue weighted by molar-refractivity contribution is -0.121. The molecule has 2 aromatic carbocycles. The van der Waals surface area contributed by atoms with Crippen LogP contribution in [0.5, 0.6) is 5.75 Å². The minimum atomic E-state index is -0.270. The van der Waals surface area contributed by atoms with Crippen LogP contribution in [0.2, 0.25) is 5.02 Å². The molecule has 1 heterocycles. The number of likely N-dealkylation sites (N-methyl/N-ethyl adjacent to an activating group) is 1. The van der Waals surface area contributed by atoms with E-state index in [1.807, 2.05) is 42.5 Å². The molecule has 128 valence electrons. The Labute approximate surface area is 168 Å². The molecule has 3 rings (SSSR count). The van der Waals surface area contributed by atoms with Crippen molar-refractivity contribution in [3.8, 4) is 5.75 Å². The largest absolute Gasteiger partial charge is 0.488 e. The van der Waals surface area contributed by atoms with Crippen LogP contribution in [0.1, 0.15) is 11.1 Å². The first kappa shape index (κ1) is 18.3. The predicted octanol–water partition coefficient (Wildman–Crippen LogP) is 5.19. The van der Waals surface area contributed by atoms with Gasteiger partial charge in [-0.05, 0) is 75.8 Å². The highest BCUT2D eigenvalue weighted by Crippen LogP contribution is 2.32. The molecule has 1 aliphatic heterocycles. The number of imide groups is 1. The lowest BCUT2D eigenvalue weighted by Gasteiger charge is -2.09. The average Bonchev–Trinajstić information content (AvgIpc) is 2.83. The summed E-state index contributed by atoms with van der Waals surface area (Å²) in [5.41, 5.74) is 1.88. The van der Waals surface area contributed by atoms with Crippen molar-refractivity contribution in [1.82, 2.24) is 4.90 Å². The number of thioether (sulfide) groups is 1. The summed E-state index contributed by atoms with van der Waals surface area (Å²) < 4.78 is 6.76. The molecule has 2 aromatic rings. The highest BCUT2D eigenvalue weighted by molar-refractivity contribution is 14.1. The molecule has 0 N–H and O–H groups in total. The molecule has 0 aliphatic carbocycles. The molecule has 4 nitrogen and oxygen atoms in total. The third-order valence-corrected chi connectivity index (χ3v) is 5.60. The summed E-state index contributed by atoms with van der Waals surface area (Å²) in [4.78, 5) is 25.0. The first-order chi connectivity index (χ1) is 11.9. The summed E-state index contributed by atoms with van der Waals surface area (Å²) in [6.45, 7) is 0.446. The van der Waals surface area contributed by atoms with Crippen molar-refractivity contribution in [2.75, 3.05) is 7.05 Å². The van der Waals surface area contributed by atoms with Gasteiger partial charge in [-0.15, -0.1) is 0 Å². The third-order valence-electron chi connectivity index (χ3n) is 3.55. The first-order valence-electron chi connectivity index (χ1n) is 7.32. The zero-order valence-corrected chi connectivity index (χ0v) is 16.9. The summed E-state index contributed by atoms with van der Waals surface area (Å²) in [6, 6.07) is 13.1. The Kier molecular flexibility index (Phi) is 5.71. The van der Waals surface area contributed by atoms with E-state index < -0.39 is 0 Å². The number of carbonyl (C=O) groups excluding carboxylic acids is 2. The van der Waals surface area contributed by atoms with Gasteiger partial charge in [0.25, 0.3) is 11.1 Å². The van der Waals surface area contributed by atoms with Crippen molar-refractivity contribution in [1.29, 1.82) is 0 Å². The van der Waals surface area contributed by atoms with E-state index in [1.54, 1.807) is 6.08 Å². The lowest BCUT2D eigenvalue weighted by Crippen LogP contribution is -2.22. The second-order valence-corrected chi connectivity index (χ2v) is 7.94. The van der Waals surface area contributed by atoms with E-state index in [2.05, 4.69) is 22.6 Å². The highest BCUT2D eigenvalue weighted by Gasteiger charge is 2.31. The van der Waals surface area contributed by atoms with Crippen molar-refractivity contribution in [2.24, 2.45) is 0 Å². The minimum Gasteiger partial charge on any atom is -0.488 e. The van der Waals surface area contributed by atoms with E-state index >= 15 is 0 Å². The van der Waals surface area contributed by atoms with E-state index in [4.69, 9.17) is 16.3 Å². The number of halogens is 2. The normalized spacial score (nSPS) is 16.0. The maximum absolute atomic E-state index is 11.9. The zero-order chi connectivity index (χ0) is 18.0. The number of ether oxygens (including phenoxy) is 1. The molecule has 0 atom stereocenters. The van der Waals surface area contributed by atoms with Gasteiger partial charge in [0, 0.05) is 12.1 Å². The number of rotatable bonds is 4. The fraction of sp³-hybridized carbons (Fsp3) is 0.111. The van der Waals surface area contributed by atoms with Gasteiger partial charge in [-0.3, -0.25) is 14.5 Å². The molecule has 2 amide bonds. The molecule has 0 spiro atoms. The lowest BCUT2D eigenvalue weighted by atomic mass is 10.2. The van der Waals surface area contributed by atoms with Crippen molar-refractivity contribution in [3.05, 3.63) is 67.1 Å². The Morgan fingerprint density at radius 2 is 1.92 bits per heavy atom. The van der Waals surface area contributed by atoms with Crippen molar-refractivity contribution in [3.63, 3.8) is 0 Å². The number of amides is 2. The quantitative estimate of drug-likeness (QED) is 0.442. The molecular formula is C18H13ClINO3S. The van der Waals surface area contributed by atoms with Gasteiger partial charge in [0.05, 0.1) is 8.48 Å². The summed E-state index contributed by atoms with van der Waals surface area (Å²) >= 11 is 9.01. The van der Waals surface area contributed by atoms with Crippen molar-refractivity contribution in [2.45, 2.75) is 6.61 Å². The molecule has 25 heavy (non-hydrogen) atoms. The molecule has 0 bridgehead atoms. The van der Waals surface area contributed by atoms with Crippen LogP contribution < -0.4 is 4.74 Å². The van der Waals surface area contributed by atoms with Crippen LogP contribution in [-0.2, 0) is 11.4 Å². The minimum absolute atomic E-state index is 0.256. The van der Waals surface area contributed by atoms with Crippen LogP contribution in [0.4, 0.5) is 4.79 Å².